The van der Waals surface area contributed by atoms with Gasteiger partial charge in [0.2, 0.25) is 0 Å². The molecule has 0 aliphatic carbocycles. The van der Waals surface area contributed by atoms with Crippen LogP contribution in [0.5, 0.6) is 0 Å². The van der Waals surface area contributed by atoms with Crippen LogP contribution in [-0.4, -0.2) is 18.0 Å². The number of hydrogen-bond acceptors (Lipinski definition) is 1. The molecule has 0 N–H and O–H groups in total. The van der Waals surface area contributed by atoms with Gasteiger partial charge in [-0.2, -0.15) is 0 Å². The molecule has 0 fully saturated rings. The summed E-state index contributed by atoms with van der Waals surface area (Å²) in [5, 5.41) is 0. The van der Waals surface area contributed by atoms with Gasteiger partial charge in [0.1, 0.15) is 0 Å². The largest absolute Gasteiger partial charge is 0.289 e. The van der Waals surface area contributed by atoms with Crippen LogP contribution in [0.25, 0.3) is 11.6 Å². The summed E-state index contributed by atoms with van der Waals surface area (Å²) >= 11 is 0. The second-order valence-electron chi connectivity index (χ2n) is 7.40. The maximum atomic E-state index is 2.59. The molecule has 3 aromatic rings. The quantitative estimate of drug-likeness (QED) is 0.491. The number of benzene rings is 3. The highest BCUT2D eigenvalue weighted by molar-refractivity contribution is 5.70. The summed E-state index contributed by atoms with van der Waals surface area (Å²) in [6.45, 7) is 4.33. The van der Waals surface area contributed by atoms with Crippen molar-refractivity contribution in [2.75, 3.05) is 13.1 Å². The number of nitrogens with zero attached hydrogens (tertiary/aromatic N) is 1. The fraction of sp³-hybridized carbons (Fsp3) is 0.185. The van der Waals surface area contributed by atoms with Gasteiger partial charge in [-0.3, -0.25) is 4.90 Å². The van der Waals surface area contributed by atoms with Crippen molar-refractivity contribution in [3.63, 3.8) is 0 Å². The Labute approximate surface area is 168 Å². The molecule has 1 heteroatoms. The lowest BCUT2D eigenvalue weighted by molar-refractivity contribution is 0.242. The molecule has 1 unspecified atom stereocenters. The molecule has 28 heavy (non-hydrogen) atoms. The highest BCUT2D eigenvalue weighted by atomic mass is 15.2. The van der Waals surface area contributed by atoms with E-state index in [1.54, 1.807) is 0 Å². The van der Waals surface area contributed by atoms with Crippen LogP contribution in [0.1, 0.15) is 36.1 Å². The van der Waals surface area contributed by atoms with Crippen molar-refractivity contribution in [3.8, 4) is 0 Å². The zero-order valence-corrected chi connectivity index (χ0v) is 16.5. The Morgan fingerprint density at radius 3 is 2.11 bits per heavy atom. The van der Waals surface area contributed by atoms with Gasteiger partial charge in [0.15, 0.2) is 0 Å². The summed E-state index contributed by atoms with van der Waals surface area (Å²) in [6, 6.07) is 32.7. The molecule has 0 saturated carbocycles. The SMILES string of the molecule is CC1=C(c2ccccc2)CCN(C/C=C/c2ccccc2)C1c1ccccc1. The lowest BCUT2D eigenvalue weighted by atomic mass is 9.86. The van der Waals surface area contributed by atoms with Gasteiger partial charge in [0.05, 0.1) is 6.04 Å². The molecule has 1 atom stereocenters. The molecule has 0 spiro atoms. The first-order valence-corrected chi connectivity index (χ1v) is 10.1. The third-order valence-electron chi connectivity index (χ3n) is 5.59. The van der Waals surface area contributed by atoms with Crippen molar-refractivity contribution < 1.29 is 0 Å². The van der Waals surface area contributed by atoms with E-state index >= 15 is 0 Å². The minimum atomic E-state index is 0.325. The average Bonchev–Trinajstić information content (AvgIpc) is 2.76. The topological polar surface area (TPSA) is 3.24 Å². The zero-order valence-electron chi connectivity index (χ0n) is 16.5. The van der Waals surface area contributed by atoms with E-state index < -0.39 is 0 Å². The first-order chi connectivity index (χ1) is 13.8. The molecular formula is C27H27N. The van der Waals surface area contributed by atoms with E-state index in [0.29, 0.717) is 6.04 Å². The third-order valence-corrected chi connectivity index (χ3v) is 5.59. The monoisotopic (exact) mass is 365 g/mol. The molecule has 0 radical (unpaired) electrons. The Hall–Kier alpha value is -2.90. The van der Waals surface area contributed by atoms with Gasteiger partial charge in [0.25, 0.3) is 0 Å². The van der Waals surface area contributed by atoms with Gasteiger partial charge in [-0.25, -0.2) is 0 Å². The van der Waals surface area contributed by atoms with Crippen molar-refractivity contribution >= 4 is 11.6 Å². The molecule has 1 aliphatic rings. The van der Waals surface area contributed by atoms with Crippen LogP contribution in [0.4, 0.5) is 0 Å². The molecule has 1 aliphatic heterocycles. The van der Waals surface area contributed by atoms with Gasteiger partial charge in [-0.1, -0.05) is 103 Å². The van der Waals surface area contributed by atoms with Crippen LogP contribution in [0.15, 0.2) is 103 Å². The van der Waals surface area contributed by atoms with Crippen LogP contribution in [0.3, 0.4) is 0 Å². The van der Waals surface area contributed by atoms with E-state index in [-0.39, 0.29) is 0 Å². The van der Waals surface area contributed by atoms with Gasteiger partial charge in [-0.15, -0.1) is 0 Å². The molecule has 4 rings (SSSR count). The van der Waals surface area contributed by atoms with E-state index in [1.807, 2.05) is 0 Å². The highest BCUT2D eigenvalue weighted by Crippen LogP contribution is 2.39. The lowest BCUT2D eigenvalue weighted by Crippen LogP contribution is -2.34. The fourth-order valence-corrected chi connectivity index (χ4v) is 4.21. The molecular weight excluding hydrogens is 338 g/mol. The summed E-state index contributed by atoms with van der Waals surface area (Å²) in [5.74, 6) is 0. The van der Waals surface area contributed by atoms with Crippen LogP contribution in [0, 0.1) is 0 Å². The minimum absolute atomic E-state index is 0.325. The number of rotatable bonds is 5. The first kappa shape index (κ1) is 18.5. The van der Waals surface area contributed by atoms with Crippen LogP contribution in [0.2, 0.25) is 0 Å². The molecule has 140 valence electrons. The van der Waals surface area contributed by atoms with Gasteiger partial charge >= 0.3 is 0 Å². The normalized spacial score (nSPS) is 18.0. The van der Waals surface area contributed by atoms with Gasteiger partial charge in [-0.05, 0) is 41.2 Å². The summed E-state index contributed by atoms with van der Waals surface area (Å²) in [6.07, 6.45) is 5.62. The predicted octanol–water partition coefficient (Wildman–Crippen LogP) is 6.62. The Balaban J connectivity index is 1.63. The fourth-order valence-electron chi connectivity index (χ4n) is 4.21. The van der Waals surface area contributed by atoms with Crippen LogP contribution in [-0.2, 0) is 0 Å². The van der Waals surface area contributed by atoms with Gasteiger partial charge < -0.3 is 0 Å². The average molecular weight is 366 g/mol. The standard InChI is InChI=1S/C27H27N/c1-22-26(24-15-7-3-8-16-24)19-21-28(27(22)25-17-9-4-10-18-25)20-11-14-23-12-5-2-6-13-23/h2-18,27H,19-21H2,1H3/b14-11+. The second kappa shape index (κ2) is 8.86. The first-order valence-electron chi connectivity index (χ1n) is 10.1. The van der Waals surface area contributed by atoms with E-state index in [1.165, 1.54) is 27.8 Å². The maximum absolute atomic E-state index is 2.59. The van der Waals surface area contributed by atoms with Crippen LogP contribution < -0.4 is 0 Å². The smallest absolute Gasteiger partial charge is 0.0567 e. The second-order valence-corrected chi connectivity index (χ2v) is 7.40. The Morgan fingerprint density at radius 1 is 0.821 bits per heavy atom. The van der Waals surface area contributed by atoms with Crippen molar-refractivity contribution in [2.24, 2.45) is 0 Å². The lowest BCUT2D eigenvalue weighted by Gasteiger charge is -2.38. The van der Waals surface area contributed by atoms with Crippen molar-refractivity contribution in [2.45, 2.75) is 19.4 Å². The van der Waals surface area contributed by atoms with Crippen LogP contribution >= 0.6 is 0 Å². The van der Waals surface area contributed by atoms with E-state index in [9.17, 15) is 0 Å². The summed E-state index contributed by atoms with van der Waals surface area (Å²) in [7, 11) is 0. The summed E-state index contributed by atoms with van der Waals surface area (Å²) in [5.41, 5.74) is 6.96. The van der Waals surface area contributed by atoms with Crippen molar-refractivity contribution in [3.05, 3.63) is 119 Å². The van der Waals surface area contributed by atoms with Crippen molar-refractivity contribution in [1.29, 1.82) is 0 Å². The molecule has 0 amide bonds. The van der Waals surface area contributed by atoms with E-state index in [0.717, 1.165) is 19.5 Å². The molecule has 1 nitrogen and oxygen atoms in total. The molecule has 0 bridgehead atoms. The molecule has 0 saturated heterocycles. The minimum Gasteiger partial charge on any atom is -0.289 e. The van der Waals surface area contributed by atoms with Gasteiger partial charge in [0, 0.05) is 13.1 Å². The Morgan fingerprint density at radius 2 is 1.43 bits per heavy atom. The molecule has 3 aromatic carbocycles. The molecule has 1 heterocycles. The van der Waals surface area contributed by atoms with Crippen molar-refractivity contribution in [1.82, 2.24) is 4.90 Å². The van der Waals surface area contributed by atoms with E-state index in [2.05, 4.69) is 115 Å². The highest BCUT2D eigenvalue weighted by Gasteiger charge is 2.28. The predicted molar refractivity (Wildman–Crippen MR) is 120 cm³/mol. The Kier molecular flexibility index (Phi) is 5.84. The Bertz CT molecular complexity index is 939. The van der Waals surface area contributed by atoms with E-state index in [4.69, 9.17) is 0 Å². The maximum Gasteiger partial charge on any atom is 0.0567 e. The summed E-state index contributed by atoms with van der Waals surface area (Å²) < 4.78 is 0. The molecule has 0 aromatic heterocycles. The third kappa shape index (κ3) is 4.16. The number of hydrogen-bond donors (Lipinski definition) is 0. The summed E-state index contributed by atoms with van der Waals surface area (Å²) in [4.78, 5) is 2.59. The zero-order chi connectivity index (χ0) is 19.2.